The van der Waals surface area contributed by atoms with Crippen LogP contribution >= 0.6 is 22.7 Å². The predicted molar refractivity (Wildman–Crippen MR) is 124 cm³/mol. The van der Waals surface area contributed by atoms with Gasteiger partial charge in [0.25, 0.3) is 11.8 Å². The molecule has 5 nitrogen and oxygen atoms in total. The van der Waals surface area contributed by atoms with Crippen LogP contribution in [0.25, 0.3) is 37.1 Å². The second-order valence-corrected chi connectivity index (χ2v) is 9.36. The molecule has 0 saturated carbocycles. The molecular weight excluding hydrogens is 428 g/mol. The van der Waals surface area contributed by atoms with Crippen LogP contribution in [0.15, 0.2) is 63.6 Å². The molecule has 2 amide bonds. The zero-order valence-electron chi connectivity index (χ0n) is 16.8. The summed E-state index contributed by atoms with van der Waals surface area (Å²) >= 11 is 3.20. The van der Waals surface area contributed by atoms with E-state index in [-0.39, 0.29) is 18.0 Å². The molecule has 3 aromatic heterocycles. The molecule has 0 fully saturated rings. The molecule has 5 rings (SSSR count). The highest BCUT2D eigenvalue weighted by Gasteiger charge is 2.34. The Morgan fingerprint density at radius 1 is 1.10 bits per heavy atom. The molecule has 31 heavy (non-hydrogen) atoms. The number of nitrogens with zero attached hydrogens (tertiary/aromatic N) is 2. The van der Waals surface area contributed by atoms with E-state index in [2.05, 4.69) is 6.07 Å². The lowest BCUT2D eigenvalue weighted by Crippen LogP contribution is -2.42. The maximum Gasteiger partial charge on any atom is 0.271 e. The summed E-state index contributed by atoms with van der Waals surface area (Å²) < 4.78 is 8.17. The summed E-state index contributed by atoms with van der Waals surface area (Å²) in [5.74, 6) is -0.0393. The Bertz CT molecular complexity index is 1430. The van der Waals surface area contributed by atoms with E-state index in [0.717, 1.165) is 40.8 Å². The molecule has 152 valence electrons. The number of hydrogen-bond acceptors (Lipinski definition) is 6. The first-order chi connectivity index (χ1) is 15.0. The van der Waals surface area contributed by atoms with Crippen LogP contribution in [0.1, 0.15) is 18.7 Å². The highest BCUT2D eigenvalue weighted by atomic mass is 32.1. The van der Waals surface area contributed by atoms with Crippen LogP contribution in [-0.4, -0.2) is 23.3 Å². The van der Waals surface area contributed by atoms with Crippen molar-refractivity contribution in [2.24, 2.45) is 0 Å². The molecular formula is C24H16N2O3S2. The van der Waals surface area contributed by atoms with Crippen LogP contribution in [0.2, 0.25) is 0 Å². The van der Waals surface area contributed by atoms with Crippen LogP contribution in [0.3, 0.4) is 0 Å². The van der Waals surface area contributed by atoms with E-state index in [9.17, 15) is 14.9 Å². The number of nitriles is 1. The number of carbonyl (C=O) groups is 2. The fourth-order valence-corrected chi connectivity index (χ4v) is 6.01. The molecule has 0 bridgehead atoms. The van der Waals surface area contributed by atoms with Crippen molar-refractivity contribution in [3.05, 3.63) is 64.1 Å². The van der Waals surface area contributed by atoms with Gasteiger partial charge in [-0.1, -0.05) is 18.2 Å². The largest absolute Gasteiger partial charge is 0.455 e. The maximum absolute atomic E-state index is 12.8. The predicted octanol–water partition coefficient (Wildman–Crippen LogP) is 5.99. The third kappa shape index (κ3) is 3.12. The number of thiophene rings is 2. The minimum atomic E-state index is -0.521. The van der Waals surface area contributed by atoms with E-state index in [1.54, 1.807) is 42.6 Å². The van der Waals surface area contributed by atoms with Gasteiger partial charge >= 0.3 is 0 Å². The lowest BCUT2D eigenvalue weighted by atomic mass is 9.95. The first kappa shape index (κ1) is 19.5. The van der Waals surface area contributed by atoms with Gasteiger partial charge in [-0.15, -0.1) is 22.7 Å². The highest BCUT2D eigenvalue weighted by molar-refractivity contribution is 7.29. The summed E-state index contributed by atoms with van der Waals surface area (Å²) in [4.78, 5) is 28.2. The van der Waals surface area contributed by atoms with Gasteiger partial charge in [-0.25, -0.2) is 0 Å². The number of fused-ring (bicyclic) bond motifs is 2. The van der Waals surface area contributed by atoms with Crippen LogP contribution < -0.4 is 0 Å². The Kier molecular flexibility index (Phi) is 4.62. The van der Waals surface area contributed by atoms with Gasteiger partial charge in [0.1, 0.15) is 23.0 Å². The molecule has 4 aromatic rings. The van der Waals surface area contributed by atoms with Crippen molar-refractivity contribution in [1.82, 2.24) is 4.90 Å². The summed E-state index contributed by atoms with van der Waals surface area (Å²) in [6, 6.07) is 16.0. The van der Waals surface area contributed by atoms with Gasteiger partial charge in [-0.2, -0.15) is 5.26 Å². The number of carbonyl (C=O) groups excluding carboxylic acids is 2. The number of likely N-dealkylation sites (N-methyl/N-ethyl adjacent to an activating group) is 1. The monoisotopic (exact) mass is 444 g/mol. The van der Waals surface area contributed by atoms with Gasteiger partial charge < -0.3 is 4.42 Å². The molecule has 1 aromatic carbocycles. The quantitative estimate of drug-likeness (QED) is 0.287. The maximum atomic E-state index is 12.8. The van der Waals surface area contributed by atoms with E-state index in [4.69, 9.17) is 4.42 Å². The average Bonchev–Trinajstić information content (AvgIpc) is 3.44. The van der Waals surface area contributed by atoms with Gasteiger partial charge in [0, 0.05) is 31.8 Å². The third-order valence-electron chi connectivity index (χ3n) is 5.32. The van der Waals surface area contributed by atoms with Crippen molar-refractivity contribution in [2.75, 3.05) is 6.54 Å². The molecule has 0 N–H and O–H groups in total. The number of hydrogen-bond donors (Lipinski definition) is 0. The number of rotatable bonds is 3. The zero-order chi connectivity index (χ0) is 21.7. The number of benzene rings is 1. The number of furan rings is 1. The molecule has 0 radical (unpaired) electrons. The highest BCUT2D eigenvalue weighted by Crippen LogP contribution is 2.41. The van der Waals surface area contributed by atoms with E-state index in [0.29, 0.717) is 11.1 Å². The molecule has 0 atom stereocenters. The van der Waals surface area contributed by atoms with Crippen molar-refractivity contribution in [2.45, 2.75) is 13.8 Å². The summed E-state index contributed by atoms with van der Waals surface area (Å²) in [6.45, 7) is 3.61. The summed E-state index contributed by atoms with van der Waals surface area (Å²) in [5, 5.41) is 10.5. The van der Waals surface area contributed by atoms with Crippen LogP contribution in [0.5, 0.6) is 0 Å². The summed E-state index contributed by atoms with van der Waals surface area (Å²) in [6.07, 6.45) is 1.78. The lowest BCUT2D eigenvalue weighted by molar-refractivity contribution is -0.140. The van der Waals surface area contributed by atoms with Crippen molar-refractivity contribution >= 4 is 60.9 Å². The lowest BCUT2D eigenvalue weighted by Gasteiger charge is -2.26. The summed E-state index contributed by atoms with van der Waals surface area (Å²) in [5.41, 5.74) is 1.71. The fourth-order valence-electron chi connectivity index (χ4n) is 3.71. The van der Waals surface area contributed by atoms with E-state index in [1.165, 1.54) is 0 Å². The standard InChI is InChI=1S/C24H16N2O3S2/c1-3-26-23(27)16(13(2)17(12-25)24(26)28)9-15-10-21-22(30-15)11-20(31-21)19-8-14-6-4-5-7-18(14)29-19/h4-11H,3H2,1-2H3/b16-9-. The Labute approximate surface area is 186 Å². The second-order valence-electron chi connectivity index (χ2n) is 7.16. The van der Waals surface area contributed by atoms with Crippen molar-refractivity contribution < 1.29 is 14.0 Å². The zero-order valence-corrected chi connectivity index (χ0v) is 18.4. The van der Waals surface area contributed by atoms with Gasteiger partial charge in [0.2, 0.25) is 0 Å². The Morgan fingerprint density at radius 3 is 2.58 bits per heavy atom. The number of para-hydroxylation sites is 1. The molecule has 0 unspecified atom stereocenters. The summed E-state index contributed by atoms with van der Waals surface area (Å²) in [7, 11) is 0. The molecule has 0 aliphatic carbocycles. The molecule has 1 aliphatic rings. The average molecular weight is 445 g/mol. The van der Waals surface area contributed by atoms with Crippen molar-refractivity contribution in [3.63, 3.8) is 0 Å². The molecule has 1 aliphatic heterocycles. The smallest absolute Gasteiger partial charge is 0.271 e. The van der Waals surface area contributed by atoms with E-state index >= 15 is 0 Å². The molecule has 0 spiro atoms. The van der Waals surface area contributed by atoms with Gasteiger partial charge in [0.05, 0.1) is 4.88 Å². The van der Waals surface area contributed by atoms with Gasteiger partial charge in [-0.05, 0) is 49.8 Å². The van der Waals surface area contributed by atoms with Crippen molar-refractivity contribution in [3.8, 4) is 16.7 Å². The number of amides is 2. The van der Waals surface area contributed by atoms with Crippen LogP contribution in [0, 0.1) is 11.3 Å². The fraction of sp³-hybridized carbons (Fsp3) is 0.125. The van der Waals surface area contributed by atoms with Gasteiger partial charge in [0.15, 0.2) is 0 Å². The Balaban J connectivity index is 1.54. The van der Waals surface area contributed by atoms with Crippen LogP contribution in [0.4, 0.5) is 0 Å². The second kappa shape index (κ2) is 7.34. The van der Waals surface area contributed by atoms with Crippen molar-refractivity contribution in [1.29, 1.82) is 5.26 Å². The number of imide groups is 1. The van der Waals surface area contributed by atoms with Crippen LogP contribution in [-0.2, 0) is 9.59 Å². The third-order valence-corrected chi connectivity index (χ3v) is 7.58. The Hall–Kier alpha value is -3.47. The molecule has 4 heterocycles. The molecule has 0 saturated heterocycles. The minimum absolute atomic E-state index is 0.0261. The topological polar surface area (TPSA) is 74.3 Å². The molecule has 7 heteroatoms. The SMILES string of the molecule is CCN1C(=O)C(C#N)=C(C)/C(=C/c2cc3sc(-c4cc5ccccc5o4)cc3s2)C1=O. The van der Waals surface area contributed by atoms with E-state index < -0.39 is 5.91 Å². The van der Waals surface area contributed by atoms with E-state index in [1.807, 2.05) is 42.5 Å². The minimum Gasteiger partial charge on any atom is -0.455 e. The first-order valence-electron chi connectivity index (χ1n) is 9.71. The first-order valence-corrected chi connectivity index (χ1v) is 11.3. The Morgan fingerprint density at radius 2 is 1.87 bits per heavy atom. The van der Waals surface area contributed by atoms with Gasteiger partial charge in [-0.3, -0.25) is 14.5 Å². The normalized spacial score (nSPS) is 16.2.